The summed E-state index contributed by atoms with van der Waals surface area (Å²) in [4.78, 5) is 22.4. The van der Waals surface area contributed by atoms with Crippen LogP contribution in [0.1, 0.15) is 46.5 Å². The van der Waals surface area contributed by atoms with E-state index in [0.717, 1.165) is 19.3 Å². The van der Waals surface area contributed by atoms with Crippen LogP contribution in [0.4, 0.5) is 0 Å². The van der Waals surface area contributed by atoms with Crippen LogP contribution in [0.5, 0.6) is 0 Å². The molecule has 1 N–H and O–H groups in total. The van der Waals surface area contributed by atoms with Crippen molar-refractivity contribution in [3.8, 4) is 0 Å². The highest BCUT2D eigenvalue weighted by molar-refractivity contribution is 5.83. The second-order valence-corrected chi connectivity index (χ2v) is 4.40. The third kappa shape index (κ3) is 7.09. The van der Waals surface area contributed by atoms with Gasteiger partial charge in [-0.2, -0.15) is 0 Å². The third-order valence-electron chi connectivity index (χ3n) is 3.03. The first-order chi connectivity index (χ1) is 8.54. The van der Waals surface area contributed by atoms with Crippen molar-refractivity contribution in [2.45, 2.75) is 52.5 Å². The number of esters is 1. The highest BCUT2D eigenvalue weighted by atomic mass is 16.5. The standard InChI is InChI=1S/C14H25NO3/c1-5-12(6-2)9-7-8-10-13(14(17)18-4)15-11(3)16/h7-8,12-13H,5-6,9-10H2,1-4H3,(H,15,16)/t13-/m0/s1. The molecule has 18 heavy (non-hydrogen) atoms. The van der Waals surface area contributed by atoms with Gasteiger partial charge in [-0.05, 0) is 18.8 Å². The fraction of sp³-hybridized carbons (Fsp3) is 0.714. The Morgan fingerprint density at radius 3 is 2.17 bits per heavy atom. The van der Waals surface area contributed by atoms with E-state index in [1.165, 1.54) is 14.0 Å². The maximum atomic E-state index is 11.4. The number of hydrogen-bond acceptors (Lipinski definition) is 3. The molecule has 0 bridgehead atoms. The number of methoxy groups -OCH3 is 1. The molecule has 0 unspecified atom stereocenters. The van der Waals surface area contributed by atoms with Crippen LogP contribution in [0.25, 0.3) is 0 Å². The summed E-state index contributed by atoms with van der Waals surface area (Å²) >= 11 is 0. The molecule has 0 fully saturated rings. The average molecular weight is 255 g/mol. The highest BCUT2D eigenvalue weighted by Crippen LogP contribution is 2.13. The van der Waals surface area contributed by atoms with Gasteiger partial charge in [0.05, 0.1) is 7.11 Å². The SMILES string of the molecule is CCC(CC)CC=CC[C@H](NC(C)=O)C(=O)OC. The molecule has 0 rings (SSSR count). The second-order valence-electron chi connectivity index (χ2n) is 4.40. The molecular formula is C14H25NO3. The number of ether oxygens (including phenoxy) is 1. The normalized spacial score (nSPS) is 12.7. The number of carbonyl (C=O) groups excluding carboxylic acids is 2. The Kier molecular flexibility index (Phi) is 8.97. The van der Waals surface area contributed by atoms with Crippen LogP contribution < -0.4 is 5.32 Å². The van der Waals surface area contributed by atoms with Crippen LogP contribution >= 0.6 is 0 Å². The zero-order valence-electron chi connectivity index (χ0n) is 11.9. The van der Waals surface area contributed by atoms with Crippen LogP contribution in [0.2, 0.25) is 0 Å². The maximum absolute atomic E-state index is 11.4. The summed E-state index contributed by atoms with van der Waals surface area (Å²) in [6.45, 7) is 5.75. The molecule has 0 aliphatic heterocycles. The summed E-state index contributed by atoms with van der Waals surface area (Å²) in [5, 5.41) is 2.58. The van der Waals surface area contributed by atoms with Crippen LogP contribution in [-0.2, 0) is 14.3 Å². The quantitative estimate of drug-likeness (QED) is 0.535. The Hall–Kier alpha value is -1.32. The zero-order valence-corrected chi connectivity index (χ0v) is 11.9. The largest absolute Gasteiger partial charge is 0.467 e. The summed E-state index contributed by atoms with van der Waals surface area (Å²) in [7, 11) is 1.32. The molecule has 0 saturated carbocycles. The number of nitrogens with one attached hydrogen (secondary N) is 1. The van der Waals surface area contributed by atoms with E-state index in [1.54, 1.807) is 0 Å². The van der Waals surface area contributed by atoms with Crippen LogP contribution in [0.3, 0.4) is 0 Å². The minimum absolute atomic E-state index is 0.223. The first kappa shape index (κ1) is 16.7. The molecule has 0 spiro atoms. The van der Waals surface area contributed by atoms with Crippen molar-refractivity contribution in [1.82, 2.24) is 5.32 Å². The molecule has 104 valence electrons. The predicted molar refractivity (Wildman–Crippen MR) is 72.1 cm³/mol. The van der Waals surface area contributed by atoms with Crippen molar-refractivity contribution in [3.05, 3.63) is 12.2 Å². The molecule has 0 heterocycles. The Morgan fingerprint density at radius 1 is 1.17 bits per heavy atom. The van der Waals surface area contributed by atoms with Gasteiger partial charge in [0.2, 0.25) is 5.91 Å². The maximum Gasteiger partial charge on any atom is 0.328 e. The Labute approximate surface area is 110 Å². The summed E-state index contributed by atoms with van der Waals surface area (Å²) in [6, 6.07) is -0.578. The molecule has 0 radical (unpaired) electrons. The topological polar surface area (TPSA) is 55.4 Å². The molecule has 0 saturated heterocycles. The molecule has 1 amide bonds. The average Bonchev–Trinajstić information content (AvgIpc) is 2.36. The molecule has 0 aromatic rings. The molecule has 0 aliphatic rings. The number of rotatable bonds is 8. The molecule has 1 atom stereocenters. The van der Waals surface area contributed by atoms with E-state index in [-0.39, 0.29) is 5.91 Å². The van der Waals surface area contributed by atoms with Crippen molar-refractivity contribution in [1.29, 1.82) is 0 Å². The van der Waals surface area contributed by atoms with Crippen molar-refractivity contribution in [3.63, 3.8) is 0 Å². The van der Waals surface area contributed by atoms with Gasteiger partial charge in [0, 0.05) is 6.92 Å². The molecule has 4 heteroatoms. The Bertz CT molecular complexity index is 283. The van der Waals surface area contributed by atoms with Gasteiger partial charge in [-0.1, -0.05) is 38.8 Å². The van der Waals surface area contributed by atoms with Gasteiger partial charge in [0.15, 0.2) is 0 Å². The van der Waals surface area contributed by atoms with Crippen molar-refractivity contribution in [2.24, 2.45) is 5.92 Å². The fourth-order valence-electron chi connectivity index (χ4n) is 1.74. The smallest absolute Gasteiger partial charge is 0.328 e. The number of amides is 1. The lowest BCUT2D eigenvalue weighted by atomic mass is 9.99. The van der Waals surface area contributed by atoms with Crippen LogP contribution in [0.15, 0.2) is 12.2 Å². The van der Waals surface area contributed by atoms with Gasteiger partial charge < -0.3 is 10.1 Å². The number of allylic oxidation sites excluding steroid dienone is 1. The van der Waals surface area contributed by atoms with E-state index in [4.69, 9.17) is 0 Å². The zero-order chi connectivity index (χ0) is 14.0. The number of carbonyl (C=O) groups is 2. The lowest BCUT2D eigenvalue weighted by molar-refractivity contribution is -0.144. The van der Waals surface area contributed by atoms with Gasteiger partial charge in [-0.25, -0.2) is 4.79 Å². The first-order valence-corrected chi connectivity index (χ1v) is 6.55. The first-order valence-electron chi connectivity index (χ1n) is 6.55. The van der Waals surface area contributed by atoms with Crippen molar-refractivity contribution < 1.29 is 14.3 Å². The van der Waals surface area contributed by atoms with Gasteiger partial charge in [-0.15, -0.1) is 0 Å². The van der Waals surface area contributed by atoms with E-state index in [1.807, 2.05) is 6.08 Å². The molecule has 0 aromatic heterocycles. The minimum Gasteiger partial charge on any atom is -0.467 e. The Balaban J connectivity index is 4.21. The van der Waals surface area contributed by atoms with Crippen LogP contribution in [-0.4, -0.2) is 25.0 Å². The second kappa shape index (κ2) is 9.68. The van der Waals surface area contributed by atoms with E-state index in [9.17, 15) is 9.59 Å². The van der Waals surface area contributed by atoms with E-state index in [2.05, 4.69) is 30.0 Å². The van der Waals surface area contributed by atoms with Gasteiger partial charge in [-0.3, -0.25) is 4.79 Å². The van der Waals surface area contributed by atoms with Gasteiger partial charge in [0.25, 0.3) is 0 Å². The van der Waals surface area contributed by atoms with E-state index in [0.29, 0.717) is 12.3 Å². The molecular weight excluding hydrogens is 230 g/mol. The van der Waals surface area contributed by atoms with Crippen LogP contribution in [0, 0.1) is 5.92 Å². The lowest BCUT2D eigenvalue weighted by Crippen LogP contribution is -2.39. The monoisotopic (exact) mass is 255 g/mol. The number of hydrogen-bond donors (Lipinski definition) is 1. The summed E-state index contributed by atoms with van der Waals surface area (Å²) < 4.78 is 4.65. The molecule has 0 aromatic carbocycles. The van der Waals surface area contributed by atoms with E-state index < -0.39 is 12.0 Å². The highest BCUT2D eigenvalue weighted by Gasteiger charge is 2.18. The summed E-state index contributed by atoms with van der Waals surface area (Å²) in [5.41, 5.74) is 0. The lowest BCUT2D eigenvalue weighted by Gasteiger charge is -2.13. The van der Waals surface area contributed by atoms with Gasteiger partial charge in [0.1, 0.15) is 6.04 Å². The summed E-state index contributed by atoms with van der Waals surface area (Å²) in [6.07, 6.45) is 7.83. The fourth-order valence-corrected chi connectivity index (χ4v) is 1.74. The summed E-state index contributed by atoms with van der Waals surface area (Å²) in [5.74, 6) is 0.0646. The van der Waals surface area contributed by atoms with E-state index >= 15 is 0 Å². The third-order valence-corrected chi connectivity index (χ3v) is 3.03. The van der Waals surface area contributed by atoms with Crippen molar-refractivity contribution in [2.75, 3.05) is 7.11 Å². The van der Waals surface area contributed by atoms with Crippen molar-refractivity contribution >= 4 is 11.9 Å². The molecule has 4 nitrogen and oxygen atoms in total. The Morgan fingerprint density at radius 2 is 1.72 bits per heavy atom. The molecule has 0 aliphatic carbocycles. The minimum atomic E-state index is -0.578. The van der Waals surface area contributed by atoms with Gasteiger partial charge >= 0.3 is 5.97 Å². The predicted octanol–water partition coefficient (Wildman–Crippen LogP) is 2.44.